The largest absolute Gasteiger partial charge is 0.495 e. The lowest BCUT2D eigenvalue weighted by molar-refractivity contribution is 0.252. The molecule has 1 aromatic heterocycles. The molecule has 0 aliphatic rings. The molecule has 0 saturated heterocycles. The average Bonchev–Trinajstić information content (AvgIpc) is 3.11. The number of aromatic nitrogens is 1. The predicted octanol–water partition coefficient (Wildman–Crippen LogP) is 4.40. The third kappa shape index (κ3) is 4.31. The molecule has 3 rings (SSSR count). The highest BCUT2D eigenvalue weighted by Crippen LogP contribution is 2.22. The Hall–Kier alpha value is -3.06. The molecule has 2 amide bonds. The van der Waals surface area contributed by atoms with Crippen LogP contribution in [0.3, 0.4) is 0 Å². The fourth-order valence-corrected chi connectivity index (χ4v) is 2.66. The van der Waals surface area contributed by atoms with Crippen molar-refractivity contribution in [3.8, 4) is 11.4 Å². The van der Waals surface area contributed by atoms with Gasteiger partial charge in [0.25, 0.3) is 0 Å². The van der Waals surface area contributed by atoms with Crippen molar-refractivity contribution in [3.63, 3.8) is 0 Å². The predicted molar refractivity (Wildman–Crippen MR) is 106 cm³/mol. The molecule has 26 heavy (non-hydrogen) atoms. The van der Waals surface area contributed by atoms with Crippen LogP contribution in [0.25, 0.3) is 5.69 Å². The summed E-state index contributed by atoms with van der Waals surface area (Å²) < 4.78 is 8.18. The first kappa shape index (κ1) is 17.8. The molecule has 0 saturated carbocycles. The summed E-state index contributed by atoms with van der Waals surface area (Å²) in [5, 5.41) is 6.70. The van der Waals surface area contributed by atoms with Crippen molar-refractivity contribution in [2.75, 3.05) is 12.4 Å². The van der Waals surface area contributed by atoms with Gasteiger partial charge in [-0.3, -0.25) is 0 Å². The molecule has 0 unspecified atom stereocenters. The molecule has 0 radical (unpaired) electrons. The minimum atomic E-state index is -0.451. The number of benzene rings is 2. The highest BCUT2D eigenvalue weighted by atomic mass is 79.9. The zero-order valence-corrected chi connectivity index (χ0v) is 15.6. The van der Waals surface area contributed by atoms with Crippen molar-refractivity contribution in [1.82, 2.24) is 9.99 Å². The van der Waals surface area contributed by atoms with E-state index in [1.807, 2.05) is 59.3 Å². The second kappa shape index (κ2) is 8.35. The lowest BCUT2D eigenvalue weighted by Crippen LogP contribution is -2.24. The number of ether oxygens (including phenoxy) is 1. The molecule has 0 bridgehead atoms. The molecule has 3 aromatic rings. The van der Waals surface area contributed by atoms with Gasteiger partial charge in [-0.05, 0) is 48.5 Å². The molecule has 0 aliphatic heterocycles. The molecule has 1 heterocycles. The number of anilines is 1. The molecule has 2 aromatic carbocycles. The molecule has 0 atom stereocenters. The van der Waals surface area contributed by atoms with Crippen molar-refractivity contribution in [2.24, 2.45) is 5.10 Å². The van der Waals surface area contributed by atoms with Crippen LogP contribution in [0.5, 0.6) is 5.75 Å². The van der Waals surface area contributed by atoms with E-state index in [0.29, 0.717) is 11.4 Å². The van der Waals surface area contributed by atoms with Gasteiger partial charge >= 0.3 is 6.03 Å². The zero-order chi connectivity index (χ0) is 18.4. The van der Waals surface area contributed by atoms with Crippen molar-refractivity contribution in [3.05, 3.63) is 77.0 Å². The minimum Gasteiger partial charge on any atom is -0.495 e. The number of nitrogens with zero attached hydrogens (tertiary/aromatic N) is 2. The molecule has 0 fully saturated rings. The van der Waals surface area contributed by atoms with Gasteiger partial charge in [-0.2, -0.15) is 5.10 Å². The third-order valence-electron chi connectivity index (χ3n) is 3.60. The molecular formula is C19H17BrN4O2. The van der Waals surface area contributed by atoms with E-state index in [-0.39, 0.29) is 0 Å². The van der Waals surface area contributed by atoms with Gasteiger partial charge in [-0.1, -0.05) is 28.1 Å². The maximum absolute atomic E-state index is 12.0. The van der Waals surface area contributed by atoms with Crippen LogP contribution in [0.1, 0.15) is 5.69 Å². The van der Waals surface area contributed by atoms with Crippen molar-refractivity contribution in [2.45, 2.75) is 0 Å². The Morgan fingerprint density at radius 1 is 1.12 bits per heavy atom. The second-order valence-electron chi connectivity index (χ2n) is 5.30. The highest BCUT2D eigenvalue weighted by Gasteiger charge is 2.06. The van der Waals surface area contributed by atoms with Crippen LogP contribution in [0.2, 0.25) is 0 Å². The zero-order valence-electron chi connectivity index (χ0n) is 14.0. The van der Waals surface area contributed by atoms with Crippen LogP contribution in [-0.2, 0) is 0 Å². The van der Waals surface area contributed by atoms with Crippen LogP contribution in [-0.4, -0.2) is 23.9 Å². The molecule has 2 N–H and O–H groups in total. The Morgan fingerprint density at radius 3 is 2.65 bits per heavy atom. The molecule has 6 nitrogen and oxygen atoms in total. The number of rotatable bonds is 5. The molecule has 132 valence electrons. The Morgan fingerprint density at radius 2 is 1.88 bits per heavy atom. The number of para-hydroxylation sites is 2. The number of halogens is 1. The highest BCUT2D eigenvalue weighted by molar-refractivity contribution is 9.10. The monoisotopic (exact) mass is 412 g/mol. The number of urea groups is 1. The fourth-order valence-electron chi connectivity index (χ4n) is 2.39. The van der Waals surface area contributed by atoms with E-state index in [1.165, 1.54) is 0 Å². The van der Waals surface area contributed by atoms with Gasteiger partial charge in [0, 0.05) is 16.4 Å². The van der Waals surface area contributed by atoms with E-state index in [4.69, 9.17) is 4.74 Å². The molecule has 7 heteroatoms. The summed E-state index contributed by atoms with van der Waals surface area (Å²) >= 11 is 3.42. The van der Waals surface area contributed by atoms with E-state index in [2.05, 4.69) is 31.8 Å². The Bertz CT molecular complexity index is 919. The topological polar surface area (TPSA) is 67.7 Å². The minimum absolute atomic E-state index is 0.451. The molecule has 0 spiro atoms. The number of carbonyl (C=O) groups is 1. The quantitative estimate of drug-likeness (QED) is 0.481. The molecule has 0 aliphatic carbocycles. The van der Waals surface area contributed by atoms with Gasteiger partial charge in [0.15, 0.2) is 0 Å². The number of methoxy groups -OCH3 is 1. The van der Waals surface area contributed by atoms with Gasteiger partial charge in [0.2, 0.25) is 0 Å². The maximum atomic E-state index is 12.0. The van der Waals surface area contributed by atoms with Crippen molar-refractivity contribution in [1.29, 1.82) is 0 Å². The standard InChI is InChI=1S/C19H17BrN4O2/c1-26-18-7-3-2-6-17(18)22-19(25)23-21-13-16-5-4-12-24(16)15-10-8-14(20)9-11-15/h2-13H,1H3,(H2,22,23,25)/b21-13-. The van der Waals surface area contributed by atoms with Gasteiger partial charge in [0.1, 0.15) is 5.75 Å². The summed E-state index contributed by atoms with van der Waals surface area (Å²) in [5.74, 6) is 0.579. The van der Waals surface area contributed by atoms with Crippen LogP contribution in [0, 0.1) is 0 Å². The van der Waals surface area contributed by atoms with E-state index >= 15 is 0 Å². The summed E-state index contributed by atoms with van der Waals surface area (Å²) in [6.45, 7) is 0. The first-order valence-corrected chi connectivity index (χ1v) is 8.63. The number of hydrazone groups is 1. The second-order valence-corrected chi connectivity index (χ2v) is 6.22. The SMILES string of the molecule is COc1ccccc1NC(=O)N/N=C\c1cccn1-c1ccc(Br)cc1. The summed E-state index contributed by atoms with van der Waals surface area (Å²) in [7, 11) is 1.55. The van der Waals surface area contributed by atoms with Crippen molar-refractivity contribution >= 4 is 33.9 Å². The van der Waals surface area contributed by atoms with E-state index in [9.17, 15) is 4.79 Å². The number of nitrogens with one attached hydrogen (secondary N) is 2. The maximum Gasteiger partial charge on any atom is 0.339 e. The van der Waals surface area contributed by atoms with Crippen molar-refractivity contribution < 1.29 is 9.53 Å². The lowest BCUT2D eigenvalue weighted by atomic mass is 10.3. The summed E-state index contributed by atoms with van der Waals surface area (Å²) in [5.41, 5.74) is 4.86. The smallest absolute Gasteiger partial charge is 0.339 e. The third-order valence-corrected chi connectivity index (χ3v) is 4.13. The summed E-state index contributed by atoms with van der Waals surface area (Å²) in [4.78, 5) is 12.0. The Labute approximate surface area is 159 Å². The Kier molecular flexibility index (Phi) is 5.70. The number of carbonyl (C=O) groups excluding carboxylic acids is 1. The van der Waals surface area contributed by atoms with Crippen LogP contribution in [0.15, 0.2) is 76.4 Å². The first-order chi connectivity index (χ1) is 12.7. The number of amides is 2. The van der Waals surface area contributed by atoms with Crippen LogP contribution < -0.4 is 15.5 Å². The Balaban J connectivity index is 1.65. The van der Waals surface area contributed by atoms with Gasteiger partial charge < -0.3 is 14.6 Å². The normalized spacial score (nSPS) is 10.7. The average molecular weight is 413 g/mol. The van der Waals surface area contributed by atoms with Crippen LogP contribution in [0.4, 0.5) is 10.5 Å². The van der Waals surface area contributed by atoms with Gasteiger partial charge in [-0.25, -0.2) is 10.2 Å². The van der Waals surface area contributed by atoms with E-state index < -0.39 is 6.03 Å². The van der Waals surface area contributed by atoms with Gasteiger partial charge in [0.05, 0.1) is 24.7 Å². The summed E-state index contributed by atoms with van der Waals surface area (Å²) in [6.07, 6.45) is 3.52. The molecular weight excluding hydrogens is 396 g/mol. The van der Waals surface area contributed by atoms with Gasteiger partial charge in [-0.15, -0.1) is 0 Å². The number of hydrogen-bond donors (Lipinski definition) is 2. The number of hydrogen-bond acceptors (Lipinski definition) is 3. The summed E-state index contributed by atoms with van der Waals surface area (Å²) in [6, 6.07) is 18.4. The lowest BCUT2D eigenvalue weighted by Gasteiger charge is -2.09. The van der Waals surface area contributed by atoms with E-state index in [1.54, 1.807) is 25.5 Å². The van der Waals surface area contributed by atoms with E-state index in [0.717, 1.165) is 15.9 Å². The van der Waals surface area contributed by atoms with Crippen LogP contribution >= 0.6 is 15.9 Å². The fraction of sp³-hybridized carbons (Fsp3) is 0.0526. The first-order valence-electron chi connectivity index (χ1n) is 7.84.